The maximum atomic E-state index is 13.2. The van der Waals surface area contributed by atoms with Crippen LogP contribution in [0.5, 0.6) is 0 Å². The Kier molecular flexibility index (Phi) is 5.37. The average Bonchev–Trinajstić information content (AvgIpc) is 2.35. The third-order valence-corrected chi connectivity index (χ3v) is 2.30. The first-order valence-corrected chi connectivity index (χ1v) is 5.73. The van der Waals surface area contributed by atoms with E-state index in [1.165, 1.54) is 0 Å². The molecule has 1 unspecified atom stereocenters. The van der Waals surface area contributed by atoms with E-state index in [-0.39, 0.29) is 24.5 Å². The fourth-order valence-corrected chi connectivity index (χ4v) is 1.57. The van der Waals surface area contributed by atoms with Crippen LogP contribution < -0.4 is 0 Å². The second kappa shape index (κ2) is 6.79. The summed E-state index contributed by atoms with van der Waals surface area (Å²) in [5.74, 6) is -1.47. The lowest BCUT2D eigenvalue weighted by atomic mass is 10.1. The zero-order valence-corrected chi connectivity index (χ0v) is 10.6. The van der Waals surface area contributed by atoms with Gasteiger partial charge in [-0.15, -0.1) is 0 Å². The van der Waals surface area contributed by atoms with Crippen molar-refractivity contribution in [3.8, 4) is 0 Å². The molecule has 7 heteroatoms. The molecule has 0 aliphatic heterocycles. The van der Waals surface area contributed by atoms with E-state index in [0.29, 0.717) is 0 Å². The lowest BCUT2D eigenvalue weighted by molar-refractivity contribution is -0.386. The van der Waals surface area contributed by atoms with Crippen LogP contribution in [0.15, 0.2) is 18.2 Å². The Bertz CT molecular complexity index is 477. The van der Waals surface area contributed by atoms with Crippen LogP contribution in [0, 0.1) is 15.9 Å². The summed E-state index contributed by atoms with van der Waals surface area (Å²) < 4.78 is 23.1. The summed E-state index contributed by atoms with van der Waals surface area (Å²) in [5, 5.41) is 10.9. The second-order valence-electron chi connectivity index (χ2n) is 3.55. The summed E-state index contributed by atoms with van der Waals surface area (Å²) in [6, 6.07) is 2.86. The molecule has 0 amide bonds. The lowest BCUT2D eigenvalue weighted by Crippen LogP contribution is -2.20. The van der Waals surface area contributed by atoms with E-state index in [1.807, 2.05) is 0 Å². The van der Waals surface area contributed by atoms with Gasteiger partial charge in [-0.3, -0.25) is 10.1 Å². The van der Waals surface area contributed by atoms with E-state index in [1.54, 1.807) is 13.8 Å². The normalized spacial score (nSPS) is 11.9. The van der Waals surface area contributed by atoms with Crippen LogP contribution >= 0.6 is 0 Å². The van der Waals surface area contributed by atoms with Crippen LogP contribution in [0.4, 0.5) is 10.1 Å². The summed E-state index contributed by atoms with van der Waals surface area (Å²) in [7, 11) is 0. The van der Waals surface area contributed by atoms with Crippen LogP contribution in [-0.4, -0.2) is 24.1 Å². The summed E-state index contributed by atoms with van der Waals surface area (Å²) in [6.07, 6.45) is -1.30. The molecule has 1 rings (SSSR count). The smallest absolute Gasteiger partial charge is 0.340 e. The zero-order valence-electron chi connectivity index (χ0n) is 10.6. The van der Waals surface area contributed by atoms with Gasteiger partial charge in [-0.05, 0) is 26.0 Å². The van der Waals surface area contributed by atoms with E-state index in [2.05, 4.69) is 0 Å². The fourth-order valence-electron chi connectivity index (χ4n) is 1.57. The molecule has 1 aromatic rings. The van der Waals surface area contributed by atoms with E-state index >= 15 is 0 Å². The topological polar surface area (TPSA) is 78.7 Å². The van der Waals surface area contributed by atoms with Gasteiger partial charge in [0, 0.05) is 12.7 Å². The number of hydrogen-bond acceptors (Lipinski definition) is 5. The highest BCUT2D eigenvalue weighted by atomic mass is 19.1. The number of nitro benzene ring substituents is 1. The number of ether oxygens (including phenoxy) is 2. The minimum Gasteiger partial charge on any atom is -0.464 e. The predicted octanol–water partition coefficient (Wildman–Crippen LogP) is 2.37. The highest BCUT2D eigenvalue weighted by Crippen LogP contribution is 2.29. The number of carbonyl (C=O) groups is 1. The van der Waals surface area contributed by atoms with Crippen molar-refractivity contribution in [1.82, 2.24) is 0 Å². The molecule has 0 aliphatic rings. The Morgan fingerprint density at radius 3 is 2.63 bits per heavy atom. The Morgan fingerprint density at radius 2 is 2.11 bits per heavy atom. The molecular weight excluding hydrogens is 257 g/mol. The maximum Gasteiger partial charge on any atom is 0.340 e. The van der Waals surface area contributed by atoms with Gasteiger partial charge in [0.2, 0.25) is 0 Å². The fraction of sp³-hybridized carbons (Fsp3) is 0.417. The predicted molar refractivity (Wildman–Crippen MR) is 64.1 cm³/mol. The van der Waals surface area contributed by atoms with Gasteiger partial charge >= 0.3 is 5.97 Å². The Balaban J connectivity index is 3.24. The Morgan fingerprint density at radius 1 is 1.42 bits per heavy atom. The van der Waals surface area contributed by atoms with E-state index < -0.39 is 22.8 Å². The molecule has 6 nitrogen and oxygen atoms in total. The molecule has 0 saturated heterocycles. The van der Waals surface area contributed by atoms with Crippen molar-refractivity contribution in [1.29, 1.82) is 0 Å². The SMILES string of the molecule is CCOC(=O)C(OCC)c1cc(F)ccc1[N+](=O)[O-]. The highest BCUT2D eigenvalue weighted by Gasteiger charge is 2.30. The number of hydrogen-bond donors (Lipinski definition) is 0. The summed E-state index contributed by atoms with van der Waals surface area (Å²) >= 11 is 0. The van der Waals surface area contributed by atoms with Crippen LogP contribution in [-0.2, 0) is 14.3 Å². The number of esters is 1. The Hall–Kier alpha value is -2.02. The molecule has 0 bridgehead atoms. The van der Waals surface area contributed by atoms with Crippen molar-refractivity contribution in [2.75, 3.05) is 13.2 Å². The molecular formula is C12H14FNO5. The molecule has 0 saturated carbocycles. The number of nitrogens with zero attached hydrogens (tertiary/aromatic N) is 1. The number of rotatable bonds is 6. The summed E-state index contributed by atoms with van der Waals surface area (Å²) in [5.41, 5.74) is -0.529. The van der Waals surface area contributed by atoms with E-state index in [4.69, 9.17) is 9.47 Å². The molecule has 1 atom stereocenters. The standard InChI is InChI=1S/C12H14FNO5/c1-3-18-11(12(15)19-4-2)9-7-8(13)5-6-10(9)14(16)17/h5-7,11H,3-4H2,1-2H3. The van der Waals surface area contributed by atoms with Gasteiger partial charge in [-0.25, -0.2) is 9.18 Å². The highest BCUT2D eigenvalue weighted by molar-refractivity contribution is 5.78. The number of halogens is 1. The van der Waals surface area contributed by atoms with Crippen molar-refractivity contribution >= 4 is 11.7 Å². The molecule has 0 aromatic heterocycles. The largest absolute Gasteiger partial charge is 0.464 e. The summed E-state index contributed by atoms with van der Waals surface area (Å²) in [6.45, 7) is 3.46. The first-order valence-electron chi connectivity index (χ1n) is 5.73. The third-order valence-electron chi connectivity index (χ3n) is 2.30. The molecule has 19 heavy (non-hydrogen) atoms. The van der Waals surface area contributed by atoms with Crippen LogP contribution in [0.2, 0.25) is 0 Å². The monoisotopic (exact) mass is 271 g/mol. The molecule has 1 aromatic carbocycles. The third kappa shape index (κ3) is 3.72. The minimum absolute atomic E-state index is 0.103. The molecule has 0 fully saturated rings. The van der Waals surface area contributed by atoms with Crippen molar-refractivity contribution in [3.05, 3.63) is 39.7 Å². The quantitative estimate of drug-likeness (QED) is 0.451. The van der Waals surface area contributed by atoms with E-state index in [0.717, 1.165) is 18.2 Å². The van der Waals surface area contributed by atoms with E-state index in [9.17, 15) is 19.3 Å². The van der Waals surface area contributed by atoms with Crippen molar-refractivity contribution < 1.29 is 23.6 Å². The van der Waals surface area contributed by atoms with Crippen molar-refractivity contribution in [2.24, 2.45) is 0 Å². The molecule has 0 radical (unpaired) electrons. The summed E-state index contributed by atoms with van der Waals surface area (Å²) in [4.78, 5) is 21.9. The first kappa shape index (κ1) is 15.0. The van der Waals surface area contributed by atoms with Crippen LogP contribution in [0.25, 0.3) is 0 Å². The van der Waals surface area contributed by atoms with Crippen molar-refractivity contribution in [2.45, 2.75) is 20.0 Å². The molecule has 0 aliphatic carbocycles. The molecule has 104 valence electrons. The molecule has 0 heterocycles. The minimum atomic E-state index is -1.30. The molecule has 0 spiro atoms. The van der Waals surface area contributed by atoms with Gasteiger partial charge < -0.3 is 9.47 Å². The van der Waals surface area contributed by atoms with Gasteiger partial charge in [-0.1, -0.05) is 0 Å². The number of carbonyl (C=O) groups excluding carboxylic acids is 1. The van der Waals surface area contributed by atoms with Crippen LogP contribution in [0.1, 0.15) is 25.5 Å². The van der Waals surface area contributed by atoms with Gasteiger partial charge in [0.25, 0.3) is 5.69 Å². The second-order valence-corrected chi connectivity index (χ2v) is 3.55. The number of benzene rings is 1. The average molecular weight is 271 g/mol. The Labute approximate surface area is 109 Å². The maximum absolute atomic E-state index is 13.2. The number of nitro groups is 1. The van der Waals surface area contributed by atoms with Crippen LogP contribution in [0.3, 0.4) is 0 Å². The lowest BCUT2D eigenvalue weighted by Gasteiger charge is -2.15. The van der Waals surface area contributed by atoms with Gasteiger partial charge in [0.05, 0.1) is 17.1 Å². The van der Waals surface area contributed by atoms with Gasteiger partial charge in [-0.2, -0.15) is 0 Å². The van der Waals surface area contributed by atoms with Gasteiger partial charge in [0.1, 0.15) is 5.82 Å². The molecule has 0 N–H and O–H groups in total. The van der Waals surface area contributed by atoms with Crippen molar-refractivity contribution in [3.63, 3.8) is 0 Å². The van der Waals surface area contributed by atoms with Gasteiger partial charge in [0.15, 0.2) is 6.10 Å². The zero-order chi connectivity index (χ0) is 14.4. The first-order chi connectivity index (χ1) is 9.01.